The van der Waals surface area contributed by atoms with Gasteiger partial charge in [0.25, 0.3) is 0 Å². The Bertz CT molecular complexity index is 559. The Kier molecular flexibility index (Phi) is 3.81. The summed E-state index contributed by atoms with van der Waals surface area (Å²) in [5, 5.41) is 3.34. The molecule has 1 fully saturated rings. The van der Waals surface area contributed by atoms with Crippen LogP contribution < -0.4 is 10.2 Å². The second-order valence-electron chi connectivity index (χ2n) is 5.13. The first-order chi connectivity index (χ1) is 9.85. The Hall–Kier alpha value is -2.10. The molecule has 1 saturated heterocycles. The highest BCUT2D eigenvalue weighted by atomic mass is 15.2. The molecular formula is C16H20N4. The molecule has 1 N–H and O–H groups in total. The summed E-state index contributed by atoms with van der Waals surface area (Å²) < 4.78 is 0. The predicted molar refractivity (Wildman–Crippen MR) is 82.6 cm³/mol. The van der Waals surface area contributed by atoms with Crippen molar-refractivity contribution in [2.24, 2.45) is 0 Å². The minimum atomic E-state index is 0.853. The molecule has 0 unspecified atom stereocenters. The van der Waals surface area contributed by atoms with Crippen molar-refractivity contribution in [2.45, 2.75) is 26.2 Å². The molecule has 1 aromatic carbocycles. The molecule has 0 amide bonds. The number of aromatic nitrogens is 2. The lowest BCUT2D eigenvalue weighted by Gasteiger charge is -2.16. The van der Waals surface area contributed by atoms with Gasteiger partial charge in [-0.25, -0.2) is 9.97 Å². The maximum atomic E-state index is 4.37. The zero-order valence-corrected chi connectivity index (χ0v) is 11.8. The van der Waals surface area contributed by atoms with Gasteiger partial charge < -0.3 is 10.2 Å². The second-order valence-corrected chi connectivity index (χ2v) is 5.13. The Labute approximate surface area is 119 Å². The molecule has 1 aliphatic rings. The highest BCUT2D eigenvalue weighted by Gasteiger charge is 2.13. The molecule has 0 atom stereocenters. The molecule has 3 rings (SSSR count). The van der Waals surface area contributed by atoms with Crippen LogP contribution in [0.1, 0.15) is 25.3 Å². The molecule has 0 saturated carbocycles. The number of aryl methyl sites for hydroxylation is 1. The van der Waals surface area contributed by atoms with E-state index in [2.05, 4.69) is 51.4 Å². The first kappa shape index (κ1) is 12.9. The van der Waals surface area contributed by atoms with Gasteiger partial charge >= 0.3 is 0 Å². The van der Waals surface area contributed by atoms with Crippen LogP contribution in [0.4, 0.5) is 17.3 Å². The van der Waals surface area contributed by atoms with Gasteiger partial charge in [0.05, 0.1) is 0 Å². The Balaban J connectivity index is 1.74. The van der Waals surface area contributed by atoms with Crippen molar-refractivity contribution in [3.05, 3.63) is 42.2 Å². The van der Waals surface area contributed by atoms with Crippen molar-refractivity contribution in [3.8, 4) is 0 Å². The fourth-order valence-corrected chi connectivity index (χ4v) is 2.51. The van der Waals surface area contributed by atoms with Crippen molar-refractivity contribution in [1.29, 1.82) is 0 Å². The molecule has 4 heteroatoms. The van der Waals surface area contributed by atoms with Crippen LogP contribution in [0.3, 0.4) is 0 Å². The van der Waals surface area contributed by atoms with Gasteiger partial charge in [-0.2, -0.15) is 0 Å². The van der Waals surface area contributed by atoms with Crippen molar-refractivity contribution < 1.29 is 0 Å². The molecule has 1 aliphatic heterocycles. The van der Waals surface area contributed by atoms with Crippen molar-refractivity contribution in [1.82, 2.24) is 9.97 Å². The SMILES string of the molecule is CCc1ccc(Nc2cc(N3CCCC3)ncn2)cc1. The molecule has 2 heterocycles. The van der Waals surface area contributed by atoms with E-state index >= 15 is 0 Å². The molecule has 1 aromatic heterocycles. The van der Waals surface area contributed by atoms with Gasteiger partial charge in [-0.05, 0) is 37.0 Å². The molecule has 0 aliphatic carbocycles. The molecule has 20 heavy (non-hydrogen) atoms. The predicted octanol–water partition coefficient (Wildman–Crippen LogP) is 3.38. The van der Waals surface area contributed by atoms with E-state index in [1.807, 2.05) is 6.07 Å². The number of hydrogen-bond donors (Lipinski definition) is 1. The van der Waals surface area contributed by atoms with Gasteiger partial charge in [0.1, 0.15) is 18.0 Å². The van der Waals surface area contributed by atoms with Gasteiger partial charge in [0, 0.05) is 24.8 Å². The van der Waals surface area contributed by atoms with Crippen LogP contribution in [0, 0.1) is 0 Å². The molecule has 0 spiro atoms. The zero-order chi connectivity index (χ0) is 13.8. The number of rotatable bonds is 4. The third-order valence-electron chi connectivity index (χ3n) is 3.72. The first-order valence-corrected chi connectivity index (χ1v) is 7.28. The summed E-state index contributed by atoms with van der Waals surface area (Å²) in [5.41, 5.74) is 2.41. The lowest BCUT2D eigenvalue weighted by atomic mass is 10.1. The summed E-state index contributed by atoms with van der Waals surface area (Å²) in [4.78, 5) is 11.0. The summed E-state index contributed by atoms with van der Waals surface area (Å²) >= 11 is 0. The maximum absolute atomic E-state index is 4.37. The lowest BCUT2D eigenvalue weighted by Crippen LogP contribution is -2.19. The molecule has 2 aromatic rings. The van der Waals surface area contributed by atoms with Crippen LogP contribution in [-0.4, -0.2) is 23.1 Å². The summed E-state index contributed by atoms with van der Waals surface area (Å²) in [6.45, 7) is 4.36. The number of nitrogens with one attached hydrogen (secondary N) is 1. The second kappa shape index (κ2) is 5.90. The third kappa shape index (κ3) is 2.90. The molecule has 0 bridgehead atoms. The summed E-state index contributed by atoms with van der Waals surface area (Å²) in [6, 6.07) is 10.5. The van der Waals surface area contributed by atoms with Crippen LogP contribution in [0.2, 0.25) is 0 Å². The Morgan fingerprint density at radius 1 is 1.10 bits per heavy atom. The topological polar surface area (TPSA) is 41.0 Å². The average Bonchev–Trinajstić information content (AvgIpc) is 3.03. The van der Waals surface area contributed by atoms with E-state index in [1.54, 1.807) is 6.33 Å². The largest absolute Gasteiger partial charge is 0.356 e. The van der Waals surface area contributed by atoms with Crippen LogP contribution >= 0.6 is 0 Å². The summed E-state index contributed by atoms with van der Waals surface area (Å²) in [5.74, 6) is 1.87. The van der Waals surface area contributed by atoms with E-state index in [1.165, 1.54) is 18.4 Å². The van der Waals surface area contributed by atoms with Gasteiger partial charge in [0.15, 0.2) is 0 Å². The minimum absolute atomic E-state index is 0.853. The minimum Gasteiger partial charge on any atom is -0.356 e. The monoisotopic (exact) mass is 268 g/mol. The van der Waals surface area contributed by atoms with Crippen LogP contribution in [0.25, 0.3) is 0 Å². The van der Waals surface area contributed by atoms with E-state index in [-0.39, 0.29) is 0 Å². The zero-order valence-electron chi connectivity index (χ0n) is 11.8. The summed E-state index contributed by atoms with van der Waals surface area (Å²) in [6.07, 6.45) is 5.21. The number of benzene rings is 1. The number of nitrogens with zero attached hydrogens (tertiary/aromatic N) is 3. The lowest BCUT2D eigenvalue weighted by molar-refractivity contribution is 0.928. The van der Waals surface area contributed by atoms with Crippen LogP contribution in [0.5, 0.6) is 0 Å². The van der Waals surface area contributed by atoms with Gasteiger partial charge in [0.2, 0.25) is 0 Å². The maximum Gasteiger partial charge on any atom is 0.135 e. The average molecular weight is 268 g/mol. The fourth-order valence-electron chi connectivity index (χ4n) is 2.51. The van der Waals surface area contributed by atoms with Crippen molar-refractivity contribution >= 4 is 17.3 Å². The Morgan fingerprint density at radius 3 is 2.55 bits per heavy atom. The molecule has 0 radical (unpaired) electrons. The smallest absolute Gasteiger partial charge is 0.135 e. The normalized spacial score (nSPS) is 14.6. The van der Waals surface area contributed by atoms with E-state index in [4.69, 9.17) is 0 Å². The van der Waals surface area contributed by atoms with Gasteiger partial charge in [-0.15, -0.1) is 0 Å². The van der Waals surface area contributed by atoms with E-state index in [9.17, 15) is 0 Å². The molecular weight excluding hydrogens is 248 g/mol. The number of anilines is 3. The van der Waals surface area contributed by atoms with Crippen LogP contribution in [0.15, 0.2) is 36.7 Å². The summed E-state index contributed by atoms with van der Waals surface area (Å²) in [7, 11) is 0. The van der Waals surface area contributed by atoms with Crippen molar-refractivity contribution in [2.75, 3.05) is 23.3 Å². The van der Waals surface area contributed by atoms with E-state index in [0.717, 1.165) is 36.8 Å². The van der Waals surface area contributed by atoms with Gasteiger partial charge in [-0.3, -0.25) is 0 Å². The van der Waals surface area contributed by atoms with Gasteiger partial charge in [-0.1, -0.05) is 19.1 Å². The third-order valence-corrected chi connectivity index (χ3v) is 3.72. The molecule has 104 valence electrons. The Morgan fingerprint density at radius 2 is 1.85 bits per heavy atom. The highest BCUT2D eigenvalue weighted by molar-refractivity contribution is 5.59. The van der Waals surface area contributed by atoms with Crippen LogP contribution in [-0.2, 0) is 6.42 Å². The first-order valence-electron chi connectivity index (χ1n) is 7.28. The molecule has 4 nitrogen and oxygen atoms in total. The standard InChI is InChI=1S/C16H20N4/c1-2-13-5-7-14(8-6-13)19-15-11-16(18-12-17-15)20-9-3-4-10-20/h5-8,11-12H,2-4,9-10H2,1H3,(H,17,18,19). The van der Waals surface area contributed by atoms with Crippen molar-refractivity contribution in [3.63, 3.8) is 0 Å². The van der Waals surface area contributed by atoms with E-state index < -0.39 is 0 Å². The highest BCUT2D eigenvalue weighted by Crippen LogP contribution is 2.21. The number of hydrogen-bond acceptors (Lipinski definition) is 4. The quantitative estimate of drug-likeness (QED) is 0.923. The van der Waals surface area contributed by atoms with E-state index in [0.29, 0.717) is 0 Å². The fraction of sp³-hybridized carbons (Fsp3) is 0.375.